The maximum atomic E-state index is 6.00. The van der Waals surface area contributed by atoms with Crippen LogP contribution in [0, 0.1) is 6.92 Å². The van der Waals surface area contributed by atoms with Crippen molar-refractivity contribution in [3.63, 3.8) is 0 Å². The highest BCUT2D eigenvalue weighted by molar-refractivity contribution is 7.99. The Morgan fingerprint density at radius 3 is 2.75 bits per heavy atom. The van der Waals surface area contributed by atoms with Gasteiger partial charge in [0.25, 0.3) is 0 Å². The summed E-state index contributed by atoms with van der Waals surface area (Å²) in [5, 5.41) is 10.1. The maximum absolute atomic E-state index is 6.00. The highest BCUT2D eigenvalue weighted by Crippen LogP contribution is 2.22. The van der Waals surface area contributed by atoms with Gasteiger partial charge in [-0.25, -0.2) is 0 Å². The van der Waals surface area contributed by atoms with Crippen molar-refractivity contribution in [3.05, 3.63) is 34.6 Å². The molecule has 1 heterocycles. The molecule has 2 aromatic rings. The lowest BCUT2D eigenvalue weighted by Gasteiger charge is -2.09. The second-order valence-electron chi connectivity index (χ2n) is 4.28. The SMILES string of the molecule is CCSc1nnc(COc2ccc(Cl)c(C)c2)n1CC. The van der Waals surface area contributed by atoms with Crippen molar-refractivity contribution in [1.29, 1.82) is 0 Å². The lowest BCUT2D eigenvalue weighted by atomic mass is 10.2. The zero-order valence-electron chi connectivity index (χ0n) is 11.9. The fourth-order valence-corrected chi connectivity index (χ4v) is 2.70. The molecule has 0 unspecified atom stereocenters. The highest BCUT2D eigenvalue weighted by Gasteiger charge is 2.11. The van der Waals surface area contributed by atoms with E-state index in [9.17, 15) is 0 Å². The van der Waals surface area contributed by atoms with E-state index in [0.29, 0.717) is 6.61 Å². The molecule has 0 saturated carbocycles. The number of hydrogen-bond donors (Lipinski definition) is 0. The summed E-state index contributed by atoms with van der Waals surface area (Å²) in [6.45, 7) is 7.39. The summed E-state index contributed by atoms with van der Waals surface area (Å²) in [4.78, 5) is 0. The second-order valence-corrected chi connectivity index (χ2v) is 5.91. The number of rotatable bonds is 6. The van der Waals surface area contributed by atoms with Crippen molar-refractivity contribution in [1.82, 2.24) is 14.8 Å². The van der Waals surface area contributed by atoms with Gasteiger partial charge in [-0.2, -0.15) is 0 Å². The van der Waals surface area contributed by atoms with Crippen LogP contribution < -0.4 is 4.74 Å². The van der Waals surface area contributed by atoms with E-state index in [1.807, 2.05) is 25.1 Å². The fourth-order valence-electron chi connectivity index (χ4n) is 1.83. The van der Waals surface area contributed by atoms with Gasteiger partial charge < -0.3 is 9.30 Å². The Balaban J connectivity index is 2.08. The molecule has 0 radical (unpaired) electrons. The molecule has 0 bridgehead atoms. The van der Waals surface area contributed by atoms with Crippen LogP contribution in [0.1, 0.15) is 25.2 Å². The number of aryl methyl sites for hydroxylation is 1. The van der Waals surface area contributed by atoms with Crippen LogP contribution in [-0.4, -0.2) is 20.5 Å². The van der Waals surface area contributed by atoms with Gasteiger partial charge in [0.1, 0.15) is 12.4 Å². The zero-order valence-corrected chi connectivity index (χ0v) is 13.5. The Kier molecular flexibility index (Phi) is 5.31. The number of hydrogen-bond acceptors (Lipinski definition) is 4. The van der Waals surface area contributed by atoms with E-state index in [4.69, 9.17) is 16.3 Å². The van der Waals surface area contributed by atoms with Gasteiger partial charge in [-0.3, -0.25) is 0 Å². The average Bonchev–Trinajstić information content (AvgIpc) is 2.82. The van der Waals surface area contributed by atoms with E-state index in [0.717, 1.165) is 39.6 Å². The normalized spacial score (nSPS) is 10.8. The Labute approximate surface area is 128 Å². The summed E-state index contributed by atoms with van der Waals surface area (Å²) >= 11 is 7.69. The van der Waals surface area contributed by atoms with Crippen LogP contribution >= 0.6 is 23.4 Å². The molecule has 0 aliphatic heterocycles. The Morgan fingerprint density at radius 1 is 1.30 bits per heavy atom. The summed E-state index contributed by atoms with van der Waals surface area (Å²) in [6.07, 6.45) is 0. The first-order chi connectivity index (χ1) is 9.65. The van der Waals surface area contributed by atoms with Crippen molar-refractivity contribution < 1.29 is 4.74 Å². The monoisotopic (exact) mass is 311 g/mol. The van der Waals surface area contributed by atoms with Crippen molar-refractivity contribution in [2.45, 2.75) is 39.1 Å². The van der Waals surface area contributed by atoms with Crippen molar-refractivity contribution >= 4 is 23.4 Å². The molecule has 20 heavy (non-hydrogen) atoms. The van der Waals surface area contributed by atoms with E-state index < -0.39 is 0 Å². The Hall–Kier alpha value is -1.20. The molecule has 1 aromatic heterocycles. The minimum Gasteiger partial charge on any atom is -0.486 e. The number of benzene rings is 1. The summed E-state index contributed by atoms with van der Waals surface area (Å²) < 4.78 is 7.85. The zero-order chi connectivity index (χ0) is 14.5. The summed E-state index contributed by atoms with van der Waals surface area (Å²) in [6, 6.07) is 5.63. The van der Waals surface area contributed by atoms with Crippen molar-refractivity contribution in [2.75, 3.05) is 5.75 Å². The molecular formula is C14H18ClN3OS. The van der Waals surface area contributed by atoms with Gasteiger partial charge in [-0.15, -0.1) is 10.2 Å². The molecular weight excluding hydrogens is 294 g/mol. The number of thioether (sulfide) groups is 1. The average molecular weight is 312 g/mol. The first-order valence-corrected chi connectivity index (χ1v) is 7.95. The molecule has 0 aliphatic carbocycles. The molecule has 4 nitrogen and oxygen atoms in total. The molecule has 0 aliphatic rings. The van der Waals surface area contributed by atoms with E-state index in [1.54, 1.807) is 11.8 Å². The van der Waals surface area contributed by atoms with Crippen LogP contribution in [0.3, 0.4) is 0 Å². The molecule has 0 atom stereocenters. The van der Waals surface area contributed by atoms with E-state index in [1.165, 1.54) is 0 Å². The number of aromatic nitrogens is 3. The van der Waals surface area contributed by atoms with Crippen molar-refractivity contribution in [3.8, 4) is 5.75 Å². The van der Waals surface area contributed by atoms with Gasteiger partial charge in [0.15, 0.2) is 11.0 Å². The van der Waals surface area contributed by atoms with E-state index in [2.05, 4.69) is 28.6 Å². The Bertz CT molecular complexity index is 586. The molecule has 108 valence electrons. The van der Waals surface area contributed by atoms with Gasteiger partial charge in [-0.1, -0.05) is 30.3 Å². The lowest BCUT2D eigenvalue weighted by molar-refractivity contribution is 0.288. The standard InChI is InChI=1S/C14H18ClN3OS/c1-4-18-13(16-17-14(18)20-5-2)9-19-11-6-7-12(15)10(3)8-11/h6-8H,4-5,9H2,1-3H3. The van der Waals surface area contributed by atoms with Gasteiger partial charge in [0.05, 0.1) is 0 Å². The highest BCUT2D eigenvalue weighted by atomic mass is 35.5. The van der Waals surface area contributed by atoms with Gasteiger partial charge in [-0.05, 0) is 43.4 Å². The maximum Gasteiger partial charge on any atom is 0.191 e. The largest absolute Gasteiger partial charge is 0.486 e. The van der Waals surface area contributed by atoms with Crippen molar-refractivity contribution in [2.24, 2.45) is 0 Å². The summed E-state index contributed by atoms with van der Waals surface area (Å²) in [5.41, 5.74) is 1.00. The topological polar surface area (TPSA) is 39.9 Å². The fraction of sp³-hybridized carbons (Fsp3) is 0.429. The second kappa shape index (κ2) is 6.99. The van der Waals surface area contributed by atoms with Gasteiger partial charge in [0.2, 0.25) is 0 Å². The number of ether oxygens (including phenoxy) is 1. The number of halogens is 1. The minimum absolute atomic E-state index is 0.409. The minimum atomic E-state index is 0.409. The van der Waals surface area contributed by atoms with E-state index in [-0.39, 0.29) is 0 Å². The lowest BCUT2D eigenvalue weighted by Crippen LogP contribution is -2.07. The molecule has 0 spiro atoms. The van der Waals surface area contributed by atoms with Gasteiger partial charge >= 0.3 is 0 Å². The van der Waals surface area contributed by atoms with Crippen LogP contribution in [0.2, 0.25) is 5.02 Å². The third kappa shape index (κ3) is 3.46. The van der Waals surface area contributed by atoms with Crippen LogP contribution in [0.15, 0.2) is 23.4 Å². The predicted octanol–water partition coefficient (Wildman–Crippen LogP) is 3.95. The molecule has 0 amide bonds. The van der Waals surface area contributed by atoms with Crippen LogP contribution in [0.4, 0.5) is 0 Å². The third-order valence-corrected chi connectivity index (χ3v) is 4.15. The third-order valence-electron chi connectivity index (χ3n) is 2.88. The number of nitrogens with zero attached hydrogens (tertiary/aromatic N) is 3. The van der Waals surface area contributed by atoms with Crippen LogP contribution in [0.5, 0.6) is 5.75 Å². The van der Waals surface area contributed by atoms with Crippen LogP contribution in [0.25, 0.3) is 0 Å². The van der Waals surface area contributed by atoms with Crippen LogP contribution in [-0.2, 0) is 13.2 Å². The van der Waals surface area contributed by atoms with Gasteiger partial charge in [0, 0.05) is 11.6 Å². The molecule has 1 aromatic carbocycles. The Morgan fingerprint density at radius 2 is 2.10 bits per heavy atom. The van der Waals surface area contributed by atoms with E-state index >= 15 is 0 Å². The first-order valence-electron chi connectivity index (χ1n) is 6.59. The summed E-state index contributed by atoms with van der Waals surface area (Å²) in [7, 11) is 0. The first kappa shape index (κ1) is 15.2. The molecule has 0 N–H and O–H groups in total. The summed E-state index contributed by atoms with van der Waals surface area (Å²) in [5.74, 6) is 2.62. The molecule has 2 rings (SSSR count). The quantitative estimate of drug-likeness (QED) is 0.757. The predicted molar refractivity (Wildman–Crippen MR) is 82.6 cm³/mol. The molecule has 0 saturated heterocycles. The molecule has 6 heteroatoms. The smallest absolute Gasteiger partial charge is 0.191 e. The molecule has 0 fully saturated rings.